The monoisotopic (exact) mass is 321 g/mol. The Hall–Kier alpha value is -2.04. The fourth-order valence-electron chi connectivity index (χ4n) is 2.11. The largest absolute Gasteiger partial charge is 0.480 e. The van der Waals surface area contributed by atoms with Crippen molar-refractivity contribution in [2.75, 3.05) is 0 Å². The molecular formula is C18H27NO4. The molecule has 0 radical (unpaired) electrons. The van der Waals surface area contributed by atoms with Crippen LogP contribution >= 0.6 is 0 Å². The number of carbonyl (C=O) groups excluding carboxylic acids is 1. The maximum absolute atomic E-state index is 11.7. The van der Waals surface area contributed by atoms with Gasteiger partial charge in [0.1, 0.15) is 11.6 Å². The molecule has 1 atom stereocenters. The molecule has 1 rings (SSSR count). The molecule has 0 aliphatic rings. The molecule has 0 fully saturated rings. The molecule has 0 bridgehead atoms. The minimum atomic E-state index is -1.08. The predicted octanol–water partition coefficient (Wildman–Crippen LogP) is 3.55. The maximum Gasteiger partial charge on any atom is 0.408 e. The fourth-order valence-corrected chi connectivity index (χ4v) is 2.11. The lowest BCUT2D eigenvalue weighted by Crippen LogP contribution is -2.44. The second-order valence-electron chi connectivity index (χ2n) is 6.66. The number of unbranched alkanes of at least 4 members (excludes halogenated alkanes) is 1. The van der Waals surface area contributed by atoms with Gasteiger partial charge in [-0.05, 0) is 44.7 Å². The van der Waals surface area contributed by atoms with Crippen molar-refractivity contribution in [1.29, 1.82) is 0 Å². The van der Waals surface area contributed by atoms with Gasteiger partial charge >= 0.3 is 12.1 Å². The van der Waals surface area contributed by atoms with Crippen molar-refractivity contribution in [3.8, 4) is 0 Å². The van der Waals surface area contributed by atoms with Gasteiger partial charge < -0.3 is 15.2 Å². The first-order valence-electron chi connectivity index (χ1n) is 8.01. The van der Waals surface area contributed by atoms with Gasteiger partial charge in [0.05, 0.1) is 0 Å². The molecule has 0 spiro atoms. The number of ether oxygens (including phenoxy) is 1. The smallest absolute Gasteiger partial charge is 0.408 e. The van der Waals surface area contributed by atoms with E-state index in [9.17, 15) is 14.7 Å². The Morgan fingerprint density at radius 1 is 1.17 bits per heavy atom. The Balaban J connectivity index is 2.65. The molecule has 1 unspecified atom stereocenters. The van der Waals surface area contributed by atoms with Crippen LogP contribution in [0, 0.1) is 0 Å². The van der Waals surface area contributed by atoms with Crippen molar-refractivity contribution in [3.63, 3.8) is 0 Å². The molecule has 2 N–H and O–H groups in total. The summed E-state index contributed by atoms with van der Waals surface area (Å²) >= 11 is 0. The molecule has 0 saturated heterocycles. The average molecular weight is 321 g/mol. The van der Waals surface area contributed by atoms with E-state index < -0.39 is 23.7 Å². The second-order valence-corrected chi connectivity index (χ2v) is 6.66. The number of aryl methyl sites for hydroxylation is 1. The van der Waals surface area contributed by atoms with Crippen LogP contribution in [0.25, 0.3) is 0 Å². The summed E-state index contributed by atoms with van der Waals surface area (Å²) in [5, 5.41) is 11.7. The molecule has 0 aromatic heterocycles. The highest BCUT2D eigenvalue weighted by molar-refractivity contribution is 5.80. The summed E-state index contributed by atoms with van der Waals surface area (Å²) in [6.07, 6.45) is 2.81. The topological polar surface area (TPSA) is 75.6 Å². The molecule has 1 amide bonds. The zero-order chi connectivity index (χ0) is 17.5. The Morgan fingerprint density at radius 3 is 2.22 bits per heavy atom. The van der Waals surface area contributed by atoms with Crippen LogP contribution in [0.15, 0.2) is 24.3 Å². The quantitative estimate of drug-likeness (QED) is 0.805. The van der Waals surface area contributed by atoms with Crippen molar-refractivity contribution in [2.24, 2.45) is 0 Å². The van der Waals surface area contributed by atoms with Crippen LogP contribution in [0.3, 0.4) is 0 Å². The van der Waals surface area contributed by atoms with Crippen LogP contribution in [-0.2, 0) is 22.4 Å². The van der Waals surface area contributed by atoms with Crippen molar-refractivity contribution < 1.29 is 19.4 Å². The Labute approximate surface area is 138 Å². The van der Waals surface area contributed by atoms with Crippen LogP contribution in [-0.4, -0.2) is 28.8 Å². The zero-order valence-electron chi connectivity index (χ0n) is 14.4. The van der Waals surface area contributed by atoms with Gasteiger partial charge in [-0.1, -0.05) is 37.6 Å². The van der Waals surface area contributed by atoms with E-state index in [1.165, 1.54) is 5.56 Å². The van der Waals surface area contributed by atoms with Crippen molar-refractivity contribution >= 4 is 12.1 Å². The number of rotatable bonds is 7. The molecule has 5 heteroatoms. The lowest BCUT2D eigenvalue weighted by atomic mass is 10.0. The van der Waals surface area contributed by atoms with E-state index in [2.05, 4.69) is 12.2 Å². The molecule has 0 aliphatic heterocycles. The first kappa shape index (κ1) is 19.0. The van der Waals surface area contributed by atoms with E-state index in [-0.39, 0.29) is 6.42 Å². The third-order valence-electron chi connectivity index (χ3n) is 3.27. The van der Waals surface area contributed by atoms with E-state index in [4.69, 9.17) is 4.74 Å². The Morgan fingerprint density at radius 2 is 1.74 bits per heavy atom. The number of carbonyl (C=O) groups is 2. The van der Waals surface area contributed by atoms with E-state index in [1.807, 2.05) is 24.3 Å². The number of carboxylic acids is 1. The van der Waals surface area contributed by atoms with Gasteiger partial charge in [0.15, 0.2) is 0 Å². The van der Waals surface area contributed by atoms with Gasteiger partial charge in [-0.15, -0.1) is 0 Å². The number of benzene rings is 1. The summed E-state index contributed by atoms with van der Waals surface area (Å²) in [6.45, 7) is 7.35. The fraction of sp³-hybridized carbons (Fsp3) is 0.556. The SMILES string of the molecule is CCCCc1ccc(CC(NC(=O)OC(C)(C)C)C(=O)O)cc1. The number of carboxylic acid groups (broad SMARTS) is 1. The van der Waals surface area contributed by atoms with Crippen LogP contribution in [0.5, 0.6) is 0 Å². The summed E-state index contributed by atoms with van der Waals surface area (Å²) in [6, 6.07) is 6.84. The van der Waals surface area contributed by atoms with E-state index in [0.717, 1.165) is 24.8 Å². The summed E-state index contributed by atoms with van der Waals surface area (Å²) in [5.74, 6) is -1.08. The molecule has 0 saturated carbocycles. The van der Waals surface area contributed by atoms with Crippen LogP contribution in [0.4, 0.5) is 4.79 Å². The number of nitrogens with one attached hydrogen (secondary N) is 1. The number of hydrogen-bond donors (Lipinski definition) is 2. The molecule has 0 heterocycles. The third kappa shape index (κ3) is 7.68. The molecule has 1 aromatic carbocycles. The standard InChI is InChI=1S/C18H27NO4/c1-5-6-7-13-8-10-14(11-9-13)12-15(16(20)21)19-17(22)23-18(2,3)4/h8-11,15H,5-7,12H2,1-4H3,(H,19,22)(H,20,21). The molecule has 0 aliphatic carbocycles. The van der Waals surface area contributed by atoms with Gasteiger partial charge in [-0.25, -0.2) is 9.59 Å². The number of alkyl carbamates (subject to hydrolysis) is 1. The molecular weight excluding hydrogens is 294 g/mol. The van der Waals surface area contributed by atoms with Crippen LogP contribution < -0.4 is 5.32 Å². The Kier molecular flexibility index (Phi) is 7.07. The van der Waals surface area contributed by atoms with Gasteiger partial charge in [0, 0.05) is 6.42 Å². The highest BCUT2D eigenvalue weighted by Gasteiger charge is 2.24. The summed E-state index contributed by atoms with van der Waals surface area (Å²) in [7, 11) is 0. The second kappa shape index (κ2) is 8.56. The zero-order valence-corrected chi connectivity index (χ0v) is 14.4. The highest BCUT2D eigenvalue weighted by atomic mass is 16.6. The van der Waals surface area contributed by atoms with Crippen LogP contribution in [0.2, 0.25) is 0 Å². The predicted molar refractivity (Wildman–Crippen MR) is 89.6 cm³/mol. The summed E-state index contributed by atoms with van der Waals surface area (Å²) in [4.78, 5) is 23.1. The van der Waals surface area contributed by atoms with Crippen molar-refractivity contribution in [1.82, 2.24) is 5.32 Å². The minimum Gasteiger partial charge on any atom is -0.480 e. The van der Waals surface area contributed by atoms with E-state index in [0.29, 0.717) is 0 Å². The van der Waals surface area contributed by atoms with E-state index >= 15 is 0 Å². The molecule has 23 heavy (non-hydrogen) atoms. The van der Waals surface area contributed by atoms with Gasteiger partial charge in [-0.3, -0.25) is 0 Å². The maximum atomic E-state index is 11.7. The number of hydrogen-bond acceptors (Lipinski definition) is 3. The lowest BCUT2D eigenvalue weighted by molar-refractivity contribution is -0.139. The molecule has 1 aromatic rings. The normalized spacial score (nSPS) is 12.5. The molecule has 5 nitrogen and oxygen atoms in total. The summed E-state index contributed by atoms with van der Waals surface area (Å²) < 4.78 is 5.11. The lowest BCUT2D eigenvalue weighted by Gasteiger charge is -2.22. The van der Waals surface area contributed by atoms with Crippen LogP contribution in [0.1, 0.15) is 51.7 Å². The van der Waals surface area contributed by atoms with Crippen molar-refractivity contribution in [2.45, 2.75) is 65.0 Å². The van der Waals surface area contributed by atoms with Gasteiger partial charge in [0.2, 0.25) is 0 Å². The number of amides is 1. The van der Waals surface area contributed by atoms with E-state index in [1.54, 1.807) is 20.8 Å². The number of aliphatic carboxylic acids is 1. The first-order valence-corrected chi connectivity index (χ1v) is 8.01. The average Bonchev–Trinajstić information content (AvgIpc) is 2.43. The Bertz CT molecular complexity index is 517. The third-order valence-corrected chi connectivity index (χ3v) is 3.27. The van der Waals surface area contributed by atoms with Crippen molar-refractivity contribution in [3.05, 3.63) is 35.4 Å². The summed E-state index contributed by atoms with van der Waals surface area (Å²) in [5.41, 5.74) is 1.45. The highest BCUT2D eigenvalue weighted by Crippen LogP contribution is 2.11. The van der Waals surface area contributed by atoms with Gasteiger partial charge in [-0.2, -0.15) is 0 Å². The minimum absolute atomic E-state index is 0.225. The first-order chi connectivity index (χ1) is 10.7. The molecule has 128 valence electrons. The van der Waals surface area contributed by atoms with Gasteiger partial charge in [0.25, 0.3) is 0 Å².